The Hall–Kier alpha value is -0.960. The van der Waals surface area contributed by atoms with Gasteiger partial charge >= 0.3 is 0 Å². The summed E-state index contributed by atoms with van der Waals surface area (Å²) in [7, 11) is 0. The van der Waals surface area contributed by atoms with Crippen LogP contribution in [0.15, 0.2) is 36.5 Å². The predicted octanol–water partition coefficient (Wildman–Crippen LogP) is 5.21. The lowest BCUT2D eigenvalue weighted by Crippen LogP contribution is -2.08. The zero-order valence-electron chi connectivity index (χ0n) is 9.62. The van der Waals surface area contributed by atoms with E-state index in [4.69, 9.17) is 34.8 Å². The van der Waals surface area contributed by atoms with Gasteiger partial charge in [0.05, 0.1) is 32.5 Å². The van der Waals surface area contributed by atoms with Crippen LogP contribution in [0.4, 0.5) is 5.69 Å². The van der Waals surface area contributed by atoms with Gasteiger partial charge in [-0.3, -0.25) is 4.98 Å². The van der Waals surface area contributed by atoms with Crippen molar-refractivity contribution in [3.63, 3.8) is 0 Å². The number of hydrogen-bond acceptors (Lipinski definition) is 2. The molecule has 0 saturated carbocycles. The Morgan fingerprint density at radius 1 is 1.06 bits per heavy atom. The minimum Gasteiger partial charge on any atom is -0.376 e. The minimum atomic E-state index is 0.0287. The molecule has 1 heterocycles. The number of nitrogens with zero attached hydrogens (tertiary/aromatic N) is 1. The van der Waals surface area contributed by atoms with Gasteiger partial charge in [0.1, 0.15) is 0 Å². The van der Waals surface area contributed by atoms with Gasteiger partial charge in [-0.1, -0.05) is 40.9 Å². The highest BCUT2D eigenvalue weighted by molar-refractivity contribution is 6.44. The molecule has 0 aliphatic heterocycles. The molecule has 0 aliphatic carbocycles. The molecule has 1 N–H and O–H groups in total. The van der Waals surface area contributed by atoms with Gasteiger partial charge in [0.25, 0.3) is 0 Å². The van der Waals surface area contributed by atoms with Crippen molar-refractivity contribution < 1.29 is 0 Å². The van der Waals surface area contributed by atoms with E-state index in [9.17, 15) is 0 Å². The molecule has 0 spiro atoms. The second-order valence-electron chi connectivity index (χ2n) is 3.87. The van der Waals surface area contributed by atoms with E-state index >= 15 is 0 Å². The van der Waals surface area contributed by atoms with Crippen LogP contribution >= 0.6 is 34.8 Å². The van der Waals surface area contributed by atoms with Gasteiger partial charge in [-0.15, -0.1) is 0 Å². The summed E-state index contributed by atoms with van der Waals surface area (Å²) in [5, 5.41) is 4.70. The van der Waals surface area contributed by atoms with Gasteiger partial charge in [0, 0.05) is 6.20 Å². The highest BCUT2D eigenvalue weighted by Crippen LogP contribution is 2.33. The molecular weight excluding hydrogens is 291 g/mol. The molecule has 0 saturated heterocycles. The van der Waals surface area contributed by atoms with E-state index in [2.05, 4.69) is 10.3 Å². The Morgan fingerprint density at radius 3 is 2.44 bits per heavy atom. The molecule has 0 aliphatic rings. The zero-order chi connectivity index (χ0) is 13.1. The number of rotatable bonds is 3. The van der Waals surface area contributed by atoms with Crippen molar-refractivity contribution in [1.29, 1.82) is 0 Å². The summed E-state index contributed by atoms with van der Waals surface area (Å²) < 4.78 is 0. The van der Waals surface area contributed by atoms with Crippen LogP contribution in [0.3, 0.4) is 0 Å². The molecule has 1 unspecified atom stereocenters. The monoisotopic (exact) mass is 300 g/mol. The fourth-order valence-electron chi connectivity index (χ4n) is 1.57. The second-order valence-corrected chi connectivity index (χ2v) is 5.09. The summed E-state index contributed by atoms with van der Waals surface area (Å²) in [6.07, 6.45) is 1.75. The van der Waals surface area contributed by atoms with Crippen LogP contribution in [0.2, 0.25) is 15.1 Å². The van der Waals surface area contributed by atoms with Gasteiger partial charge in [-0.2, -0.15) is 0 Å². The topological polar surface area (TPSA) is 24.9 Å². The van der Waals surface area contributed by atoms with Crippen molar-refractivity contribution in [3.8, 4) is 0 Å². The molecule has 2 nitrogen and oxygen atoms in total. The molecule has 94 valence electrons. The van der Waals surface area contributed by atoms with Crippen LogP contribution < -0.4 is 5.32 Å². The first-order chi connectivity index (χ1) is 8.58. The lowest BCUT2D eigenvalue weighted by Gasteiger charge is -2.16. The first-order valence-corrected chi connectivity index (χ1v) is 6.53. The number of hydrogen-bond donors (Lipinski definition) is 1. The van der Waals surface area contributed by atoms with Crippen molar-refractivity contribution in [2.24, 2.45) is 0 Å². The molecule has 0 bridgehead atoms. The maximum Gasteiger partial charge on any atom is 0.0657 e. The summed E-state index contributed by atoms with van der Waals surface area (Å²) in [6, 6.07) is 9.13. The Bertz CT molecular complexity index is 543. The highest BCUT2D eigenvalue weighted by Gasteiger charge is 2.10. The van der Waals surface area contributed by atoms with Crippen molar-refractivity contribution in [1.82, 2.24) is 4.98 Å². The highest BCUT2D eigenvalue weighted by atomic mass is 35.5. The third-order valence-electron chi connectivity index (χ3n) is 2.51. The standard InChI is InChI=1S/C13H11Cl3N2/c1-8(12-4-2-3-5-17-12)18-13-7-10(15)9(14)6-11(13)16/h2-8,18H,1H3. The average molecular weight is 302 g/mol. The molecule has 0 fully saturated rings. The maximum absolute atomic E-state index is 6.11. The minimum absolute atomic E-state index is 0.0287. The van der Waals surface area contributed by atoms with E-state index in [1.165, 1.54) is 0 Å². The summed E-state index contributed by atoms with van der Waals surface area (Å²) in [5.41, 5.74) is 1.67. The van der Waals surface area contributed by atoms with Crippen molar-refractivity contribution in [2.75, 3.05) is 5.32 Å². The summed E-state index contributed by atoms with van der Waals surface area (Å²) in [5.74, 6) is 0. The normalized spacial score (nSPS) is 12.2. The van der Waals surface area contributed by atoms with Crippen LogP contribution in [-0.4, -0.2) is 4.98 Å². The van der Waals surface area contributed by atoms with E-state index in [0.717, 1.165) is 11.4 Å². The van der Waals surface area contributed by atoms with Crippen LogP contribution in [-0.2, 0) is 0 Å². The number of nitrogens with one attached hydrogen (secondary N) is 1. The van der Waals surface area contributed by atoms with Crippen LogP contribution in [0.5, 0.6) is 0 Å². The number of benzene rings is 1. The van der Waals surface area contributed by atoms with E-state index in [1.54, 1.807) is 18.3 Å². The Kier molecular flexibility index (Phi) is 4.33. The molecule has 1 atom stereocenters. The zero-order valence-corrected chi connectivity index (χ0v) is 11.9. The maximum atomic E-state index is 6.11. The fourth-order valence-corrected chi connectivity index (χ4v) is 2.17. The number of aromatic nitrogens is 1. The number of anilines is 1. The van der Waals surface area contributed by atoms with Crippen LogP contribution in [0.1, 0.15) is 18.7 Å². The molecular formula is C13H11Cl3N2. The first kappa shape index (κ1) is 13.5. The average Bonchev–Trinajstić information content (AvgIpc) is 2.37. The summed E-state index contributed by atoms with van der Waals surface area (Å²) in [6.45, 7) is 2.00. The Morgan fingerprint density at radius 2 is 1.78 bits per heavy atom. The largest absolute Gasteiger partial charge is 0.376 e. The van der Waals surface area contributed by atoms with Gasteiger partial charge in [-0.05, 0) is 31.2 Å². The van der Waals surface area contributed by atoms with E-state index in [1.807, 2.05) is 25.1 Å². The molecule has 1 aromatic carbocycles. The van der Waals surface area contributed by atoms with E-state index in [-0.39, 0.29) is 6.04 Å². The van der Waals surface area contributed by atoms with Crippen molar-refractivity contribution in [3.05, 3.63) is 57.3 Å². The Labute approximate surface area is 121 Å². The van der Waals surface area contributed by atoms with E-state index < -0.39 is 0 Å². The summed E-state index contributed by atoms with van der Waals surface area (Å²) >= 11 is 18.0. The van der Waals surface area contributed by atoms with Crippen molar-refractivity contribution in [2.45, 2.75) is 13.0 Å². The van der Waals surface area contributed by atoms with Crippen LogP contribution in [0.25, 0.3) is 0 Å². The lowest BCUT2D eigenvalue weighted by atomic mass is 10.2. The lowest BCUT2D eigenvalue weighted by molar-refractivity contribution is 0.839. The molecule has 18 heavy (non-hydrogen) atoms. The van der Waals surface area contributed by atoms with Gasteiger partial charge < -0.3 is 5.32 Å². The molecule has 2 rings (SSSR count). The second kappa shape index (κ2) is 5.79. The molecule has 0 radical (unpaired) electrons. The predicted molar refractivity (Wildman–Crippen MR) is 77.7 cm³/mol. The molecule has 2 aromatic rings. The van der Waals surface area contributed by atoms with Gasteiger partial charge in [0.2, 0.25) is 0 Å². The quantitative estimate of drug-likeness (QED) is 0.787. The van der Waals surface area contributed by atoms with Gasteiger partial charge in [0.15, 0.2) is 0 Å². The van der Waals surface area contributed by atoms with E-state index in [0.29, 0.717) is 15.1 Å². The molecule has 5 heteroatoms. The van der Waals surface area contributed by atoms with Gasteiger partial charge in [-0.25, -0.2) is 0 Å². The number of pyridine rings is 1. The molecule has 1 aromatic heterocycles. The third-order valence-corrected chi connectivity index (χ3v) is 3.55. The van der Waals surface area contributed by atoms with Crippen LogP contribution in [0, 0.1) is 0 Å². The first-order valence-electron chi connectivity index (χ1n) is 5.40. The Balaban J connectivity index is 2.22. The number of halogens is 3. The third kappa shape index (κ3) is 3.08. The summed E-state index contributed by atoms with van der Waals surface area (Å²) in [4.78, 5) is 4.28. The molecule has 0 amide bonds. The van der Waals surface area contributed by atoms with Crippen molar-refractivity contribution >= 4 is 40.5 Å². The SMILES string of the molecule is CC(Nc1cc(Cl)c(Cl)cc1Cl)c1ccccn1. The fraction of sp³-hybridized carbons (Fsp3) is 0.154. The smallest absolute Gasteiger partial charge is 0.0657 e.